The summed E-state index contributed by atoms with van der Waals surface area (Å²) in [6.45, 7) is 12.0. The molecule has 1 heterocycles. The number of likely N-dealkylation sites (tertiary alicyclic amines) is 1. The number of amides is 5. The Morgan fingerprint density at radius 1 is 0.739 bits per heavy atom. The van der Waals surface area contributed by atoms with Crippen molar-refractivity contribution in [2.24, 2.45) is 23.5 Å². The Hall–Kier alpha value is -3.79. The first-order valence-electron chi connectivity index (χ1n) is 15.7. The number of aliphatic hydroxyl groups is 1. The number of aliphatic hydroxyl groups excluding tert-OH is 1. The zero-order valence-electron chi connectivity index (χ0n) is 27.7. The maximum atomic E-state index is 13.4. The Kier molecular flexibility index (Phi) is 16.1. The lowest BCUT2D eigenvalue weighted by Crippen LogP contribution is -2.61. The Balaban J connectivity index is 3.19. The molecular formula is C30H52N6O10. The number of carbonyl (C=O) groups is 7. The molecule has 1 rings (SSSR count). The second kappa shape index (κ2) is 18.4. The highest BCUT2D eigenvalue weighted by molar-refractivity contribution is 5.97. The van der Waals surface area contributed by atoms with Crippen molar-refractivity contribution in [3.8, 4) is 0 Å². The molecule has 5 amide bonds. The van der Waals surface area contributed by atoms with Crippen LogP contribution in [-0.4, -0.2) is 111 Å². The largest absolute Gasteiger partial charge is 0.481 e. The van der Waals surface area contributed by atoms with E-state index in [1.54, 1.807) is 27.7 Å². The number of nitrogens with two attached hydrogens (primary N) is 1. The minimum absolute atomic E-state index is 0.0679. The summed E-state index contributed by atoms with van der Waals surface area (Å²) in [6, 6.07) is -7.54. The van der Waals surface area contributed by atoms with Crippen molar-refractivity contribution in [1.29, 1.82) is 0 Å². The lowest BCUT2D eigenvalue weighted by molar-refractivity contribution is -0.150. The third-order valence-corrected chi connectivity index (χ3v) is 7.56. The van der Waals surface area contributed by atoms with Crippen LogP contribution in [0.25, 0.3) is 0 Å². The summed E-state index contributed by atoms with van der Waals surface area (Å²) in [5, 5.41) is 38.7. The number of nitrogens with zero attached hydrogens (tertiary/aromatic N) is 1. The van der Waals surface area contributed by atoms with Gasteiger partial charge in [-0.15, -0.1) is 0 Å². The fourth-order valence-corrected chi connectivity index (χ4v) is 5.08. The van der Waals surface area contributed by atoms with Gasteiger partial charge in [-0.2, -0.15) is 0 Å². The molecule has 1 fully saturated rings. The molecule has 1 aliphatic heterocycles. The smallest absolute Gasteiger partial charge is 0.326 e. The number of hydrogen-bond acceptors (Lipinski definition) is 9. The zero-order chi connectivity index (χ0) is 35.5. The van der Waals surface area contributed by atoms with Crippen LogP contribution < -0.4 is 27.0 Å². The molecule has 1 aliphatic rings. The van der Waals surface area contributed by atoms with Gasteiger partial charge in [0.25, 0.3) is 0 Å². The highest BCUT2D eigenvalue weighted by Crippen LogP contribution is 2.20. The average Bonchev–Trinajstić information content (AvgIpc) is 3.43. The number of carbonyl (C=O) groups excluding carboxylic acids is 5. The first kappa shape index (κ1) is 40.2. The standard InChI is InChI=1S/C30H52N6O10/c1-14(2)11-18(32-27(42)23(31)17(7)37)26(41)35-24(16(5)6)28(43)33-19(13-22(38)39)25(40)34-20(12-15(3)4)29(44)36-10-8-9-21(36)30(45)46/h14-21,23-24,37H,8-13,31H2,1-7H3,(H,32,42)(H,33,43)(H,34,40)(H,35,41)(H,38,39)(H,45,46)/t17-,18+,19+,20+,21+,23+,24+/m1/s1. The molecule has 0 spiro atoms. The van der Waals surface area contributed by atoms with Crippen molar-refractivity contribution in [3.63, 3.8) is 0 Å². The maximum Gasteiger partial charge on any atom is 0.326 e. The van der Waals surface area contributed by atoms with Crippen molar-refractivity contribution in [1.82, 2.24) is 26.2 Å². The Labute approximate surface area is 269 Å². The molecule has 46 heavy (non-hydrogen) atoms. The quantitative estimate of drug-likeness (QED) is 0.0881. The van der Waals surface area contributed by atoms with E-state index in [-0.39, 0.29) is 37.6 Å². The Morgan fingerprint density at radius 2 is 1.24 bits per heavy atom. The summed E-state index contributed by atoms with van der Waals surface area (Å²) in [5.74, 6) is -7.27. The summed E-state index contributed by atoms with van der Waals surface area (Å²) >= 11 is 0. The molecule has 0 saturated carbocycles. The molecule has 1 saturated heterocycles. The van der Waals surface area contributed by atoms with E-state index >= 15 is 0 Å². The van der Waals surface area contributed by atoms with Gasteiger partial charge in [-0.1, -0.05) is 41.5 Å². The van der Waals surface area contributed by atoms with Crippen LogP contribution in [0.4, 0.5) is 0 Å². The highest BCUT2D eigenvalue weighted by atomic mass is 16.4. The van der Waals surface area contributed by atoms with Crippen LogP contribution in [0.15, 0.2) is 0 Å². The molecule has 0 aromatic rings. The second-order valence-electron chi connectivity index (χ2n) is 13.1. The summed E-state index contributed by atoms with van der Waals surface area (Å²) in [7, 11) is 0. The van der Waals surface area contributed by atoms with Crippen molar-refractivity contribution in [2.75, 3.05) is 6.54 Å². The number of aliphatic carboxylic acids is 2. The van der Waals surface area contributed by atoms with Crippen molar-refractivity contribution in [3.05, 3.63) is 0 Å². The SMILES string of the molecule is CC(C)C[C@H](NC(=O)[C@@H](N)[C@@H](C)O)C(=O)N[C@H](C(=O)N[C@@H](CC(=O)O)C(=O)N[C@@H](CC(C)C)C(=O)N1CCC[C@H]1C(=O)O)C(C)C. The second-order valence-corrected chi connectivity index (χ2v) is 13.1. The van der Waals surface area contributed by atoms with Gasteiger partial charge in [0, 0.05) is 6.54 Å². The molecule has 16 nitrogen and oxygen atoms in total. The van der Waals surface area contributed by atoms with E-state index in [1.165, 1.54) is 11.8 Å². The van der Waals surface area contributed by atoms with Gasteiger partial charge in [0.05, 0.1) is 12.5 Å². The number of carboxylic acids is 2. The van der Waals surface area contributed by atoms with Crippen LogP contribution in [0.2, 0.25) is 0 Å². The van der Waals surface area contributed by atoms with E-state index in [1.807, 2.05) is 13.8 Å². The molecule has 0 unspecified atom stereocenters. The first-order valence-corrected chi connectivity index (χ1v) is 15.7. The first-order chi connectivity index (χ1) is 21.3. The van der Waals surface area contributed by atoms with E-state index in [2.05, 4.69) is 21.3 Å². The molecule has 0 aromatic heterocycles. The predicted molar refractivity (Wildman–Crippen MR) is 166 cm³/mol. The topological polar surface area (TPSA) is 258 Å². The summed E-state index contributed by atoms with van der Waals surface area (Å²) in [5.41, 5.74) is 5.70. The van der Waals surface area contributed by atoms with E-state index in [0.717, 1.165) is 0 Å². The monoisotopic (exact) mass is 656 g/mol. The summed E-state index contributed by atoms with van der Waals surface area (Å²) in [4.78, 5) is 90.5. The molecule has 262 valence electrons. The van der Waals surface area contributed by atoms with Gasteiger partial charge in [-0.25, -0.2) is 4.79 Å². The third-order valence-electron chi connectivity index (χ3n) is 7.56. The maximum absolute atomic E-state index is 13.4. The zero-order valence-corrected chi connectivity index (χ0v) is 27.7. The molecule has 0 aromatic carbocycles. The molecule has 16 heteroatoms. The minimum atomic E-state index is -1.64. The molecule has 0 aliphatic carbocycles. The van der Waals surface area contributed by atoms with Crippen LogP contribution in [0.3, 0.4) is 0 Å². The van der Waals surface area contributed by atoms with Crippen LogP contribution in [0, 0.1) is 17.8 Å². The fraction of sp³-hybridized carbons (Fsp3) is 0.767. The Bertz CT molecular complexity index is 1110. The Morgan fingerprint density at radius 3 is 1.72 bits per heavy atom. The highest BCUT2D eigenvalue weighted by Gasteiger charge is 2.39. The number of carboxylic acid groups (broad SMARTS) is 2. The van der Waals surface area contributed by atoms with Crippen molar-refractivity contribution in [2.45, 2.75) is 123 Å². The van der Waals surface area contributed by atoms with Gasteiger partial charge < -0.3 is 47.2 Å². The molecule has 9 N–H and O–H groups in total. The van der Waals surface area contributed by atoms with Crippen molar-refractivity contribution >= 4 is 41.5 Å². The van der Waals surface area contributed by atoms with Crippen LogP contribution in [0.1, 0.15) is 80.6 Å². The lowest BCUT2D eigenvalue weighted by atomic mass is 9.98. The van der Waals surface area contributed by atoms with Crippen LogP contribution >= 0.6 is 0 Å². The third kappa shape index (κ3) is 12.5. The van der Waals surface area contributed by atoms with Gasteiger partial charge in [-0.05, 0) is 50.4 Å². The van der Waals surface area contributed by atoms with Gasteiger partial charge in [0.1, 0.15) is 36.3 Å². The van der Waals surface area contributed by atoms with E-state index < -0.39 is 96.2 Å². The normalized spacial score (nSPS) is 18.7. The van der Waals surface area contributed by atoms with E-state index in [4.69, 9.17) is 5.73 Å². The minimum Gasteiger partial charge on any atom is -0.481 e. The van der Waals surface area contributed by atoms with E-state index in [0.29, 0.717) is 6.42 Å². The van der Waals surface area contributed by atoms with Gasteiger partial charge >= 0.3 is 11.9 Å². The number of hydrogen-bond donors (Lipinski definition) is 8. The number of nitrogens with one attached hydrogen (secondary N) is 4. The van der Waals surface area contributed by atoms with Crippen LogP contribution in [-0.2, 0) is 33.6 Å². The molecule has 0 radical (unpaired) electrons. The lowest BCUT2D eigenvalue weighted by Gasteiger charge is -2.30. The van der Waals surface area contributed by atoms with Crippen molar-refractivity contribution < 1.29 is 48.9 Å². The predicted octanol–water partition coefficient (Wildman–Crippen LogP) is -1.07. The van der Waals surface area contributed by atoms with Gasteiger partial charge in [0.15, 0.2) is 0 Å². The molecular weight excluding hydrogens is 604 g/mol. The van der Waals surface area contributed by atoms with Gasteiger partial charge in [0.2, 0.25) is 29.5 Å². The van der Waals surface area contributed by atoms with Gasteiger partial charge in [-0.3, -0.25) is 28.8 Å². The summed E-state index contributed by atoms with van der Waals surface area (Å²) in [6.07, 6.45) is -0.986. The molecule has 7 atom stereocenters. The summed E-state index contributed by atoms with van der Waals surface area (Å²) < 4.78 is 0. The fourth-order valence-electron chi connectivity index (χ4n) is 5.08. The van der Waals surface area contributed by atoms with E-state index in [9.17, 15) is 48.9 Å². The molecule has 0 bridgehead atoms. The van der Waals surface area contributed by atoms with Crippen LogP contribution in [0.5, 0.6) is 0 Å². The average molecular weight is 657 g/mol. The number of rotatable bonds is 18.